The third kappa shape index (κ3) is 5.81. The number of amides is 1. The molecule has 3 N–H and O–H groups in total. The Hall–Kier alpha value is -3.85. The number of fused-ring (bicyclic) bond motifs is 7. The molecule has 0 saturated carbocycles. The lowest BCUT2D eigenvalue weighted by Crippen LogP contribution is -2.44. The minimum absolute atomic E-state index is 0. The van der Waals surface area contributed by atoms with Crippen molar-refractivity contribution in [1.29, 1.82) is 0 Å². The summed E-state index contributed by atoms with van der Waals surface area (Å²) in [5.74, 6) is 2.58. The van der Waals surface area contributed by atoms with E-state index in [1.54, 1.807) is 7.11 Å². The molecule has 0 radical (unpaired) electrons. The Bertz CT molecular complexity index is 1170. The molecular formula is C26H32N6O3. The molecule has 6 bridgehead atoms. The quantitative estimate of drug-likeness (QED) is 0.483. The van der Waals surface area contributed by atoms with Gasteiger partial charge >= 0.3 is 0 Å². The molecule has 0 spiro atoms. The zero-order valence-corrected chi connectivity index (χ0v) is 19.1. The van der Waals surface area contributed by atoms with Gasteiger partial charge in [-0.2, -0.15) is 0 Å². The second-order valence-electron chi connectivity index (χ2n) is 8.37. The summed E-state index contributed by atoms with van der Waals surface area (Å²) in [5.41, 5.74) is 2.87. The molecule has 0 aliphatic carbocycles. The van der Waals surface area contributed by atoms with Gasteiger partial charge in [0.25, 0.3) is 0 Å². The van der Waals surface area contributed by atoms with Gasteiger partial charge in [-0.3, -0.25) is 9.69 Å². The Morgan fingerprint density at radius 1 is 1.06 bits per heavy atom. The predicted molar refractivity (Wildman–Crippen MR) is 137 cm³/mol. The van der Waals surface area contributed by atoms with Gasteiger partial charge in [0.15, 0.2) is 11.5 Å². The summed E-state index contributed by atoms with van der Waals surface area (Å²) < 4.78 is 11.4. The minimum Gasteiger partial charge on any atom is -0.493 e. The summed E-state index contributed by atoms with van der Waals surface area (Å²) in [4.78, 5) is 23.8. The number of rotatable bonds is 1. The summed E-state index contributed by atoms with van der Waals surface area (Å²) in [5, 5.41) is 9.68. The van der Waals surface area contributed by atoms with Crippen LogP contribution in [0.5, 0.6) is 11.5 Å². The first-order valence-corrected chi connectivity index (χ1v) is 11.5. The summed E-state index contributed by atoms with van der Waals surface area (Å²) in [7, 11) is 1.60. The van der Waals surface area contributed by atoms with E-state index < -0.39 is 0 Å². The van der Waals surface area contributed by atoms with Gasteiger partial charge in [-0.05, 0) is 49.2 Å². The SMILES string of the molecule is C.COc1ccc2cc1OCCNC(=O)[C@H]1CCCN1Cc1cccc(c1)Nc1cc(ncn1)N2. The molecule has 9 nitrogen and oxygen atoms in total. The monoisotopic (exact) mass is 476 g/mol. The number of carbonyl (C=O) groups excluding carboxylic acids is 1. The van der Waals surface area contributed by atoms with Crippen LogP contribution in [-0.2, 0) is 11.3 Å². The van der Waals surface area contributed by atoms with Crippen molar-refractivity contribution in [2.45, 2.75) is 32.9 Å². The third-order valence-electron chi connectivity index (χ3n) is 6.01. The van der Waals surface area contributed by atoms with Crippen LogP contribution >= 0.6 is 0 Å². The molecule has 9 heteroatoms. The zero-order chi connectivity index (χ0) is 23.3. The van der Waals surface area contributed by atoms with Gasteiger partial charge in [0.2, 0.25) is 5.91 Å². The van der Waals surface area contributed by atoms with Crippen molar-refractivity contribution in [2.24, 2.45) is 0 Å². The highest BCUT2D eigenvalue weighted by atomic mass is 16.5. The van der Waals surface area contributed by atoms with Crippen LogP contribution in [0.15, 0.2) is 54.9 Å². The molecule has 1 atom stereocenters. The topological polar surface area (TPSA) is 101 Å². The third-order valence-corrected chi connectivity index (χ3v) is 6.01. The number of ether oxygens (including phenoxy) is 2. The molecule has 3 aromatic rings. The summed E-state index contributed by atoms with van der Waals surface area (Å²) in [6, 6.07) is 15.5. The van der Waals surface area contributed by atoms with Gasteiger partial charge < -0.3 is 25.4 Å². The van der Waals surface area contributed by atoms with Gasteiger partial charge in [-0.25, -0.2) is 9.97 Å². The van der Waals surface area contributed by atoms with E-state index in [-0.39, 0.29) is 19.4 Å². The number of methoxy groups -OCH3 is 1. The molecule has 1 fully saturated rings. The fraction of sp³-hybridized carbons (Fsp3) is 0.346. The van der Waals surface area contributed by atoms with E-state index in [9.17, 15) is 4.79 Å². The van der Waals surface area contributed by atoms with Gasteiger partial charge in [-0.1, -0.05) is 19.6 Å². The van der Waals surface area contributed by atoms with E-state index >= 15 is 0 Å². The Kier molecular flexibility index (Phi) is 7.67. The normalized spacial score (nSPS) is 18.1. The molecule has 184 valence electrons. The fourth-order valence-electron chi connectivity index (χ4n) is 4.40. The lowest BCUT2D eigenvalue weighted by molar-refractivity contribution is -0.125. The van der Waals surface area contributed by atoms with Crippen LogP contribution in [0.1, 0.15) is 25.8 Å². The fourth-order valence-corrected chi connectivity index (χ4v) is 4.40. The first kappa shape index (κ1) is 24.3. The second kappa shape index (κ2) is 11.1. The molecule has 3 heterocycles. The van der Waals surface area contributed by atoms with Crippen LogP contribution in [0.2, 0.25) is 0 Å². The Morgan fingerprint density at radius 2 is 1.86 bits per heavy atom. The van der Waals surface area contributed by atoms with E-state index in [1.165, 1.54) is 6.33 Å². The number of benzene rings is 2. The van der Waals surface area contributed by atoms with Crippen LogP contribution in [-0.4, -0.2) is 53.6 Å². The van der Waals surface area contributed by atoms with Crippen molar-refractivity contribution in [1.82, 2.24) is 20.2 Å². The van der Waals surface area contributed by atoms with Crippen molar-refractivity contribution < 1.29 is 14.3 Å². The molecule has 1 saturated heterocycles. The maximum absolute atomic E-state index is 12.9. The van der Waals surface area contributed by atoms with E-state index in [0.29, 0.717) is 42.8 Å². The lowest BCUT2D eigenvalue weighted by Gasteiger charge is -2.24. The van der Waals surface area contributed by atoms with Gasteiger partial charge in [0.1, 0.15) is 24.6 Å². The first-order valence-electron chi connectivity index (χ1n) is 11.5. The van der Waals surface area contributed by atoms with Crippen molar-refractivity contribution in [3.8, 4) is 11.5 Å². The van der Waals surface area contributed by atoms with Gasteiger partial charge in [0, 0.05) is 30.1 Å². The molecular weight excluding hydrogens is 444 g/mol. The van der Waals surface area contributed by atoms with Crippen LogP contribution in [0.4, 0.5) is 23.0 Å². The molecule has 2 aromatic carbocycles. The molecule has 35 heavy (non-hydrogen) atoms. The smallest absolute Gasteiger partial charge is 0.237 e. The van der Waals surface area contributed by atoms with E-state index in [0.717, 1.165) is 36.3 Å². The van der Waals surface area contributed by atoms with Crippen LogP contribution in [0.25, 0.3) is 0 Å². The van der Waals surface area contributed by atoms with Crippen LogP contribution < -0.4 is 25.4 Å². The zero-order valence-electron chi connectivity index (χ0n) is 19.1. The average molecular weight is 477 g/mol. The van der Waals surface area contributed by atoms with Crippen molar-refractivity contribution in [3.63, 3.8) is 0 Å². The minimum atomic E-state index is -0.134. The number of nitrogens with zero attached hydrogens (tertiary/aromatic N) is 3. The number of hydrogen-bond donors (Lipinski definition) is 3. The molecule has 0 unspecified atom stereocenters. The number of anilines is 4. The molecule has 2 aliphatic rings. The van der Waals surface area contributed by atoms with E-state index in [2.05, 4.69) is 43.0 Å². The highest BCUT2D eigenvalue weighted by Crippen LogP contribution is 2.31. The molecule has 1 aromatic heterocycles. The summed E-state index contributed by atoms with van der Waals surface area (Å²) in [6.45, 7) is 2.36. The first-order chi connectivity index (χ1) is 16.7. The summed E-state index contributed by atoms with van der Waals surface area (Å²) >= 11 is 0. The van der Waals surface area contributed by atoms with Crippen molar-refractivity contribution in [3.05, 3.63) is 60.4 Å². The van der Waals surface area contributed by atoms with E-state index in [4.69, 9.17) is 9.47 Å². The van der Waals surface area contributed by atoms with Crippen LogP contribution in [0.3, 0.4) is 0 Å². The Morgan fingerprint density at radius 3 is 2.66 bits per heavy atom. The Balaban J connectivity index is 0.00000289. The number of carbonyl (C=O) groups is 1. The molecule has 2 aliphatic heterocycles. The van der Waals surface area contributed by atoms with Gasteiger partial charge in [0.05, 0.1) is 19.7 Å². The number of nitrogens with one attached hydrogen (secondary N) is 3. The molecule has 1 amide bonds. The standard InChI is InChI=1S/C25H28N6O3.CH4/c1-33-21-8-7-19-13-22(21)34-11-9-26-25(32)20-6-3-10-31(20)15-17-4-2-5-18(12-17)29-23-14-24(30-19)28-16-27-23;/h2,4-5,7-8,12-14,16,20H,3,6,9-11,15H2,1H3,(H,26,32)(H2,27,28,29,30);1H4/t20-;/m1./s1. The largest absolute Gasteiger partial charge is 0.493 e. The number of hydrogen-bond acceptors (Lipinski definition) is 8. The summed E-state index contributed by atoms with van der Waals surface area (Å²) in [6.07, 6.45) is 3.38. The molecule has 5 rings (SSSR count). The maximum atomic E-state index is 12.9. The highest BCUT2D eigenvalue weighted by molar-refractivity contribution is 5.82. The van der Waals surface area contributed by atoms with Crippen LogP contribution in [0, 0.1) is 0 Å². The predicted octanol–water partition coefficient (Wildman–Crippen LogP) is 4.08. The van der Waals surface area contributed by atoms with Crippen molar-refractivity contribution in [2.75, 3.05) is 37.4 Å². The Labute approximate surface area is 205 Å². The van der Waals surface area contributed by atoms with Gasteiger partial charge in [-0.15, -0.1) is 0 Å². The number of aromatic nitrogens is 2. The second-order valence-corrected chi connectivity index (χ2v) is 8.37. The highest BCUT2D eigenvalue weighted by Gasteiger charge is 2.30. The van der Waals surface area contributed by atoms with Crippen molar-refractivity contribution >= 4 is 28.9 Å². The lowest BCUT2D eigenvalue weighted by atomic mass is 10.1. The van der Waals surface area contributed by atoms with E-state index in [1.807, 2.05) is 36.4 Å². The average Bonchev–Trinajstić information content (AvgIpc) is 3.30. The maximum Gasteiger partial charge on any atom is 0.237 e.